The summed E-state index contributed by atoms with van der Waals surface area (Å²) in [6.45, 7) is 2.53. The molecule has 1 aromatic rings. The number of carbonyl (C=O) groups excluding carboxylic acids is 1. The lowest BCUT2D eigenvalue weighted by atomic mass is 10.0. The summed E-state index contributed by atoms with van der Waals surface area (Å²) < 4.78 is 0. The van der Waals surface area contributed by atoms with Gasteiger partial charge in [0.05, 0.1) is 0 Å². The molecule has 2 heteroatoms. The van der Waals surface area contributed by atoms with E-state index in [0.29, 0.717) is 19.4 Å². The SMILES string of the molecule is Cc1cccc(CCC(=O)CCN)c1. The molecule has 0 fully saturated rings. The number of benzene rings is 1. The molecule has 2 N–H and O–H groups in total. The van der Waals surface area contributed by atoms with Crippen LogP contribution in [0.2, 0.25) is 0 Å². The van der Waals surface area contributed by atoms with Crippen molar-refractivity contribution in [3.8, 4) is 0 Å². The third-order valence-corrected chi connectivity index (χ3v) is 2.20. The summed E-state index contributed by atoms with van der Waals surface area (Å²) in [7, 11) is 0. The lowest BCUT2D eigenvalue weighted by Crippen LogP contribution is -2.08. The molecule has 0 heterocycles. The van der Waals surface area contributed by atoms with Crippen molar-refractivity contribution in [3.05, 3.63) is 35.4 Å². The number of rotatable bonds is 5. The van der Waals surface area contributed by atoms with Crippen molar-refractivity contribution >= 4 is 5.78 Å². The first-order valence-electron chi connectivity index (χ1n) is 4.99. The fourth-order valence-electron chi connectivity index (χ4n) is 1.44. The number of hydrogen-bond donors (Lipinski definition) is 1. The quantitative estimate of drug-likeness (QED) is 0.771. The molecule has 1 rings (SSSR count). The van der Waals surface area contributed by atoms with E-state index in [2.05, 4.69) is 25.1 Å². The second-order valence-corrected chi connectivity index (χ2v) is 3.57. The van der Waals surface area contributed by atoms with Gasteiger partial charge < -0.3 is 5.73 Å². The maximum absolute atomic E-state index is 11.2. The van der Waals surface area contributed by atoms with Crippen LogP contribution in [0.5, 0.6) is 0 Å². The highest BCUT2D eigenvalue weighted by molar-refractivity contribution is 5.78. The minimum atomic E-state index is 0.258. The topological polar surface area (TPSA) is 43.1 Å². The molecule has 0 unspecified atom stereocenters. The van der Waals surface area contributed by atoms with Crippen molar-refractivity contribution in [3.63, 3.8) is 0 Å². The highest BCUT2D eigenvalue weighted by Gasteiger charge is 2.01. The zero-order valence-electron chi connectivity index (χ0n) is 8.62. The Balaban J connectivity index is 2.41. The predicted octanol–water partition coefficient (Wildman–Crippen LogP) is 1.85. The van der Waals surface area contributed by atoms with Gasteiger partial charge in [0.1, 0.15) is 5.78 Å². The number of hydrogen-bond acceptors (Lipinski definition) is 2. The Bertz CT molecular complexity index is 307. The summed E-state index contributed by atoms with van der Waals surface area (Å²) in [5.41, 5.74) is 7.78. The van der Waals surface area contributed by atoms with E-state index in [1.807, 2.05) is 6.07 Å². The molecule has 0 saturated heterocycles. The van der Waals surface area contributed by atoms with Gasteiger partial charge in [-0.3, -0.25) is 4.79 Å². The van der Waals surface area contributed by atoms with Gasteiger partial charge in [0.25, 0.3) is 0 Å². The Morgan fingerprint density at radius 1 is 1.36 bits per heavy atom. The Morgan fingerprint density at radius 2 is 2.14 bits per heavy atom. The van der Waals surface area contributed by atoms with E-state index in [-0.39, 0.29) is 5.78 Å². The largest absolute Gasteiger partial charge is 0.330 e. The molecule has 0 amide bonds. The van der Waals surface area contributed by atoms with Gasteiger partial charge in [0.15, 0.2) is 0 Å². The molecule has 0 aliphatic rings. The van der Waals surface area contributed by atoms with Gasteiger partial charge in [0.2, 0.25) is 0 Å². The minimum absolute atomic E-state index is 0.258. The zero-order valence-corrected chi connectivity index (χ0v) is 8.62. The molecule has 0 aliphatic heterocycles. The highest BCUT2D eigenvalue weighted by Crippen LogP contribution is 2.07. The molecule has 0 bridgehead atoms. The molecule has 2 nitrogen and oxygen atoms in total. The third-order valence-electron chi connectivity index (χ3n) is 2.20. The van der Waals surface area contributed by atoms with Gasteiger partial charge >= 0.3 is 0 Å². The second-order valence-electron chi connectivity index (χ2n) is 3.57. The maximum Gasteiger partial charge on any atom is 0.134 e. The van der Waals surface area contributed by atoms with Gasteiger partial charge in [-0.2, -0.15) is 0 Å². The van der Waals surface area contributed by atoms with Crippen molar-refractivity contribution in [1.29, 1.82) is 0 Å². The van der Waals surface area contributed by atoms with Crippen LogP contribution in [0.3, 0.4) is 0 Å². The smallest absolute Gasteiger partial charge is 0.134 e. The summed E-state index contributed by atoms with van der Waals surface area (Å²) in [6, 6.07) is 8.27. The first kappa shape index (κ1) is 10.9. The van der Waals surface area contributed by atoms with E-state index in [1.165, 1.54) is 11.1 Å². The first-order chi connectivity index (χ1) is 6.72. The van der Waals surface area contributed by atoms with E-state index in [0.717, 1.165) is 6.42 Å². The molecular weight excluding hydrogens is 174 g/mol. The van der Waals surface area contributed by atoms with Crippen LogP contribution in [0.15, 0.2) is 24.3 Å². The van der Waals surface area contributed by atoms with Crippen LogP contribution in [0.4, 0.5) is 0 Å². The molecule has 14 heavy (non-hydrogen) atoms. The fourth-order valence-corrected chi connectivity index (χ4v) is 1.44. The van der Waals surface area contributed by atoms with Gasteiger partial charge in [0, 0.05) is 12.8 Å². The predicted molar refractivity (Wildman–Crippen MR) is 58.2 cm³/mol. The normalized spacial score (nSPS) is 10.1. The standard InChI is InChI=1S/C12H17NO/c1-10-3-2-4-11(9-10)5-6-12(14)7-8-13/h2-4,9H,5-8,13H2,1H3. The Kier molecular flexibility index (Phi) is 4.33. The van der Waals surface area contributed by atoms with Gasteiger partial charge in [-0.1, -0.05) is 29.8 Å². The van der Waals surface area contributed by atoms with Crippen LogP contribution in [-0.4, -0.2) is 12.3 Å². The van der Waals surface area contributed by atoms with Crippen molar-refractivity contribution in [2.45, 2.75) is 26.2 Å². The summed E-state index contributed by atoms with van der Waals surface area (Å²) in [6.07, 6.45) is 1.95. The van der Waals surface area contributed by atoms with Crippen molar-refractivity contribution in [2.75, 3.05) is 6.54 Å². The van der Waals surface area contributed by atoms with Crippen molar-refractivity contribution in [1.82, 2.24) is 0 Å². The molecule has 0 aromatic heterocycles. The molecule has 0 saturated carbocycles. The monoisotopic (exact) mass is 191 g/mol. The van der Waals surface area contributed by atoms with Crippen molar-refractivity contribution in [2.24, 2.45) is 5.73 Å². The van der Waals surface area contributed by atoms with E-state index >= 15 is 0 Å². The fraction of sp³-hybridized carbons (Fsp3) is 0.417. The van der Waals surface area contributed by atoms with Crippen LogP contribution >= 0.6 is 0 Å². The average Bonchev–Trinajstić information content (AvgIpc) is 2.15. The molecule has 0 atom stereocenters. The number of nitrogens with two attached hydrogens (primary N) is 1. The maximum atomic E-state index is 11.2. The van der Waals surface area contributed by atoms with Gasteiger partial charge in [-0.15, -0.1) is 0 Å². The van der Waals surface area contributed by atoms with Crippen LogP contribution in [0.1, 0.15) is 24.0 Å². The third kappa shape index (κ3) is 3.71. The molecule has 0 radical (unpaired) electrons. The number of carbonyl (C=O) groups is 1. The summed E-state index contributed by atoms with van der Waals surface area (Å²) in [5, 5.41) is 0. The number of aryl methyl sites for hydroxylation is 2. The van der Waals surface area contributed by atoms with Crippen LogP contribution in [-0.2, 0) is 11.2 Å². The highest BCUT2D eigenvalue weighted by atomic mass is 16.1. The lowest BCUT2D eigenvalue weighted by molar-refractivity contribution is -0.118. The summed E-state index contributed by atoms with van der Waals surface area (Å²) in [5.74, 6) is 0.258. The van der Waals surface area contributed by atoms with Crippen LogP contribution in [0.25, 0.3) is 0 Å². The molecular formula is C12H17NO. The van der Waals surface area contributed by atoms with E-state index in [1.54, 1.807) is 0 Å². The molecule has 76 valence electrons. The number of ketones is 1. The van der Waals surface area contributed by atoms with E-state index in [4.69, 9.17) is 5.73 Å². The summed E-state index contributed by atoms with van der Waals surface area (Å²) >= 11 is 0. The van der Waals surface area contributed by atoms with Crippen molar-refractivity contribution < 1.29 is 4.79 Å². The zero-order chi connectivity index (χ0) is 10.4. The van der Waals surface area contributed by atoms with Gasteiger partial charge in [-0.25, -0.2) is 0 Å². The minimum Gasteiger partial charge on any atom is -0.330 e. The van der Waals surface area contributed by atoms with Crippen LogP contribution < -0.4 is 5.73 Å². The average molecular weight is 191 g/mol. The Hall–Kier alpha value is -1.15. The van der Waals surface area contributed by atoms with Gasteiger partial charge in [-0.05, 0) is 25.5 Å². The molecule has 0 aliphatic carbocycles. The Morgan fingerprint density at radius 3 is 2.79 bits per heavy atom. The molecule has 1 aromatic carbocycles. The first-order valence-corrected chi connectivity index (χ1v) is 4.99. The molecule has 0 spiro atoms. The Labute approximate surface area is 85.1 Å². The lowest BCUT2D eigenvalue weighted by Gasteiger charge is -2.01. The second kappa shape index (κ2) is 5.55. The van der Waals surface area contributed by atoms with E-state index in [9.17, 15) is 4.79 Å². The number of Topliss-reactive ketones (excluding diaryl/α,β-unsaturated/α-hetero) is 1. The van der Waals surface area contributed by atoms with E-state index < -0.39 is 0 Å². The van der Waals surface area contributed by atoms with Crippen LogP contribution in [0, 0.1) is 6.92 Å². The summed E-state index contributed by atoms with van der Waals surface area (Å²) in [4.78, 5) is 11.2.